The number of carbonyl (C=O) groups is 1. The van der Waals surface area contributed by atoms with Crippen LogP contribution < -0.4 is 15.8 Å². The quantitative estimate of drug-likeness (QED) is 0.870. The topological polar surface area (TPSA) is 64.3 Å². The molecule has 1 unspecified atom stereocenters. The number of primary amides is 1. The molecule has 5 heteroatoms. The van der Waals surface area contributed by atoms with Crippen molar-refractivity contribution in [2.24, 2.45) is 5.73 Å². The van der Waals surface area contributed by atoms with Crippen LogP contribution >= 0.6 is 15.9 Å². The van der Waals surface area contributed by atoms with Gasteiger partial charge < -0.3 is 15.8 Å². The average molecular weight is 349 g/mol. The predicted octanol–water partition coefficient (Wildman–Crippen LogP) is 3.40. The van der Waals surface area contributed by atoms with Crippen LogP contribution in [0.1, 0.15) is 17.2 Å². The number of halogens is 1. The highest BCUT2D eigenvalue weighted by Crippen LogP contribution is 2.29. The van der Waals surface area contributed by atoms with E-state index in [9.17, 15) is 4.79 Å². The van der Waals surface area contributed by atoms with E-state index in [0.29, 0.717) is 5.75 Å². The van der Waals surface area contributed by atoms with Gasteiger partial charge >= 0.3 is 0 Å². The van der Waals surface area contributed by atoms with Crippen LogP contribution in [0.25, 0.3) is 0 Å². The lowest BCUT2D eigenvalue weighted by Gasteiger charge is -2.18. The second kappa shape index (κ2) is 6.63. The van der Waals surface area contributed by atoms with E-state index in [1.54, 1.807) is 13.2 Å². The van der Waals surface area contributed by atoms with Crippen LogP contribution in [0.4, 0.5) is 5.69 Å². The standard InChI is InChI=1S/C16H17BrN2O2/c1-10-3-6-12(7-4-10)19-15(16(18)20)11-5-8-14(21-2)13(17)9-11/h3-9,15,19H,1-2H3,(H2,18,20). The molecule has 2 aromatic rings. The van der Waals surface area contributed by atoms with E-state index < -0.39 is 11.9 Å². The Balaban J connectivity index is 2.28. The van der Waals surface area contributed by atoms with E-state index in [4.69, 9.17) is 10.5 Å². The summed E-state index contributed by atoms with van der Waals surface area (Å²) < 4.78 is 5.97. The summed E-state index contributed by atoms with van der Waals surface area (Å²) in [4.78, 5) is 11.8. The van der Waals surface area contributed by atoms with Gasteiger partial charge in [-0.05, 0) is 52.7 Å². The van der Waals surface area contributed by atoms with Gasteiger partial charge in [0.05, 0.1) is 11.6 Å². The molecule has 0 heterocycles. The van der Waals surface area contributed by atoms with E-state index in [1.807, 2.05) is 43.3 Å². The van der Waals surface area contributed by atoms with Crippen LogP contribution in [0.5, 0.6) is 5.75 Å². The highest BCUT2D eigenvalue weighted by atomic mass is 79.9. The normalized spacial score (nSPS) is 11.8. The maximum absolute atomic E-state index is 11.8. The van der Waals surface area contributed by atoms with Crippen LogP contribution in [-0.2, 0) is 4.79 Å². The van der Waals surface area contributed by atoms with Gasteiger partial charge in [0.25, 0.3) is 0 Å². The van der Waals surface area contributed by atoms with Crippen molar-refractivity contribution in [1.29, 1.82) is 0 Å². The van der Waals surface area contributed by atoms with Gasteiger partial charge in [0.1, 0.15) is 11.8 Å². The third kappa shape index (κ3) is 3.76. The summed E-state index contributed by atoms with van der Waals surface area (Å²) in [7, 11) is 1.59. The number of nitrogens with one attached hydrogen (secondary N) is 1. The zero-order chi connectivity index (χ0) is 15.4. The molecule has 0 aliphatic heterocycles. The lowest BCUT2D eigenvalue weighted by Crippen LogP contribution is -2.27. The van der Waals surface area contributed by atoms with Crippen molar-refractivity contribution in [2.45, 2.75) is 13.0 Å². The van der Waals surface area contributed by atoms with Crippen LogP contribution in [0, 0.1) is 6.92 Å². The lowest BCUT2D eigenvalue weighted by atomic mass is 10.1. The molecule has 2 aromatic carbocycles. The van der Waals surface area contributed by atoms with Gasteiger partial charge in [0, 0.05) is 5.69 Å². The van der Waals surface area contributed by atoms with Gasteiger partial charge in [0.15, 0.2) is 0 Å². The Hall–Kier alpha value is -2.01. The number of anilines is 1. The van der Waals surface area contributed by atoms with Gasteiger partial charge in [-0.3, -0.25) is 4.79 Å². The highest BCUT2D eigenvalue weighted by Gasteiger charge is 2.18. The van der Waals surface area contributed by atoms with Gasteiger partial charge in [0.2, 0.25) is 5.91 Å². The van der Waals surface area contributed by atoms with Gasteiger partial charge in [-0.15, -0.1) is 0 Å². The Morgan fingerprint density at radius 3 is 2.43 bits per heavy atom. The van der Waals surface area contributed by atoms with E-state index >= 15 is 0 Å². The molecular formula is C16H17BrN2O2. The van der Waals surface area contributed by atoms with Crippen LogP contribution in [0.2, 0.25) is 0 Å². The smallest absolute Gasteiger partial charge is 0.244 e. The molecule has 0 aliphatic rings. The first-order chi connectivity index (χ1) is 10.0. The lowest BCUT2D eigenvalue weighted by molar-refractivity contribution is -0.118. The molecular weight excluding hydrogens is 332 g/mol. The predicted molar refractivity (Wildman–Crippen MR) is 87.4 cm³/mol. The molecule has 4 nitrogen and oxygen atoms in total. The zero-order valence-corrected chi connectivity index (χ0v) is 13.5. The Bertz CT molecular complexity index is 641. The van der Waals surface area contributed by atoms with E-state index in [-0.39, 0.29) is 0 Å². The van der Waals surface area contributed by atoms with Crippen LogP contribution in [-0.4, -0.2) is 13.0 Å². The summed E-state index contributed by atoms with van der Waals surface area (Å²) in [6.45, 7) is 2.01. The van der Waals surface area contributed by atoms with E-state index in [0.717, 1.165) is 21.3 Å². The summed E-state index contributed by atoms with van der Waals surface area (Å²) in [5, 5.41) is 3.15. The number of rotatable bonds is 5. The summed E-state index contributed by atoms with van der Waals surface area (Å²) >= 11 is 3.41. The largest absolute Gasteiger partial charge is 0.496 e. The molecule has 0 bridgehead atoms. The average Bonchev–Trinajstić information content (AvgIpc) is 2.46. The van der Waals surface area contributed by atoms with Crippen molar-refractivity contribution in [3.8, 4) is 5.75 Å². The number of amides is 1. The van der Waals surface area contributed by atoms with Gasteiger partial charge in [-0.2, -0.15) is 0 Å². The van der Waals surface area contributed by atoms with Crippen molar-refractivity contribution in [1.82, 2.24) is 0 Å². The Morgan fingerprint density at radius 2 is 1.90 bits per heavy atom. The molecule has 21 heavy (non-hydrogen) atoms. The minimum atomic E-state index is -0.602. The Labute approximate surface area is 132 Å². The molecule has 110 valence electrons. The zero-order valence-electron chi connectivity index (χ0n) is 11.9. The second-order valence-electron chi connectivity index (χ2n) is 4.74. The van der Waals surface area contributed by atoms with Crippen molar-refractivity contribution >= 4 is 27.5 Å². The van der Waals surface area contributed by atoms with Crippen molar-refractivity contribution in [2.75, 3.05) is 12.4 Å². The van der Waals surface area contributed by atoms with Crippen molar-refractivity contribution in [3.05, 3.63) is 58.1 Å². The number of hydrogen-bond acceptors (Lipinski definition) is 3. The van der Waals surface area contributed by atoms with Gasteiger partial charge in [-0.1, -0.05) is 23.8 Å². The molecule has 0 saturated heterocycles. The molecule has 0 aliphatic carbocycles. The SMILES string of the molecule is COc1ccc(C(Nc2ccc(C)cc2)C(N)=O)cc1Br. The van der Waals surface area contributed by atoms with Crippen molar-refractivity contribution in [3.63, 3.8) is 0 Å². The number of aryl methyl sites for hydroxylation is 1. The molecule has 0 aromatic heterocycles. The Kier molecular flexibility index (Phi) is 4.85. The Morgan fingerprint density at radius 1 is 1.24 bits per heavy atom. The monoisotopic (exact) mass is 348 g/mol. The first kappa shape index (κ1) is 15.4. The van der Waals surface area contributed by atoms with E-state index in [1.165, 1.54) is 0 Å². The molecule has 2 rings (SSSR count). The first-order valence-corrected chi connectivity index (χ1v) is 7.26. The molecule has 0 spiro atoms. The summed E-state index contributed by atoms with van der Waals surface area (Å²) in [5.41, 5.74) is 8.29. The maximum atomic E-state index is 11.8. The molecule has 3 N–H and O–H groups in total. The molecule has 0 saturated carbocycles. The fraction of sp³-hybridized carbons (Fsp3) is 0.188. The fourth-order valence-electron chi connectivity index (χ4n) is 2.00. The third-order valence-electron chi connectivity index (χ3n) is 3.16. The maximum Gasteiger partial charge on any atom is 0.244 e. The van der Waals surface area contributed by atoms with Gasteiger partial charge in [-0.25, -0.2) is 0 Å². The first-order valence-electron chi connectivity index (χ1n) is 6.47. The molecule has 0 radical (unpaired) electrons. The molecule has 0 fully saturated rings. The van der Waals surface area contributed by atoms with Crippen LogP contribution in [0.15, 0.2) is 46.9 Å². The summed E-state index contributed by atoms with van der Waals surface area (Å²) in [6.07, 6.45) is 0. The highest BCUT2D eigenvalue weighted by molar-refractivity contribution is 9.10. The van der Waals surface area contributed by atoms with Crippen molar-refractivity contribution < 1.29 is 9.53 Å². The molecule has 1 atom stereocenters. The van der Waals surface area contributed by atoms with Crippen LogP contribution in [0.3, 0.4) is 0 Å². The summed E-state index contributed by atoms with van der Waals surface area (Å²) in [6, 6.07) is 12.6. The van der Waals surface area contributed by atoms with E-state index in [2.05, 4.69) is 21.2 Å². The minimum Gasteiger partial charge on any atom is -0.496 e. The minimum absolute atomic E-state index is 0.437. The number of methoxy groups -OCH3 is 1. The summed E-state index contributed by atoms with van der Waals surface area (Å²) in [5.74, 6) is 0.268. The fourth-order valence-corrected chi connectivity index (χ4v) is 2.56. The number of carbonyl (C=O) groups excluding carboxylic acids is 1. The number of ether oxygens (including phenoxy) is 1. The second-order valence-corrected chi connectivity index (χ2v) is 5.59. The number of benzene rings is 2. The molecule has 1 amide bonds. The third-order valence-corrected chi connectivity index (χ3v) is 3.78. The number of hydrogen-bond donors (Lipinski definition) is 2. The number of nitrogens with two attached hydrogens (primary N) is 1.